The van der Waals surface area contributed by atoms with Crippen LogP contribution >= 0.6 is 0 Å². The minimum absolute atomic E-state index is 0.0138. The summed E-state index contributed by atoms with van der Waals surface area (Å²) in [6, 6.07) is 0. The van der Waals surface area contributed by atoms with Gasteiger partial charge in [-0.1, -0.05) is 6.92 Å². The zero-order valence-electron chi connectivity index (χ0n) is 5.75. The highest BCUT2D eigenvalue weighted by molar-refractivity contribution is 8.04. The van der Waals surface area contributed by atoms with Gasteiger partial charge in [0.1, 0.15) is 9.92 Å². The molecule has 0 aliphatic carbocycles. The van der Waals surface area contributed by atoms with Crippen molar-refractivity contribution >= 4 is 19.9 Å². The van der Waals surface area contributed by atoms with Gasteiger partial charge in [0.25, 0.3) is 0 Å². The summed E-state index contributed by atoms with van der Waals surface area (Å²) in [5.41, 5.74) is 0. The largest absolute Gasteiger partial charge is 0.240 e. The SMILES string of the molecule is CCS(=N)(=O)NS(C)(=O)=O. The predicted molar refractivity (Wildman–Crippen MR) is 39.4 cm³/mol. The van der Waals surface area contributed by atoms with Crippen molar-refractivity contribution in [3.63, 3.8) is 0 Å². The maximum atomic E-state index is 10.7. The first-order chi connectivity index (χ1) is 4.27. The molecule has 0 aromatic rings. The van der Waals surface area contributed by atoms with Crippen LogP contribution in [0.3, 0.4) is 0 Å². The van der Waals surface area contributed by atoms with Gasteiger partial charge in [0.15, 0.2) is 0 Å². The molecule has 0 aliphatic rings. The van der Waals surface area contributed by atoms with E-state index in [1.807, 2.05) is 0 Å². The van der Waals surface area contributed by atoms with Crippen molar-refractivity contribution in [1.29, 1.82) is 4.78 Å². The molecule has 0 rings (SSSR count). The molecule has 0 bridgehead atoms. The lowest BCUT2D eigenvalue weighted by Gasteiger charge is -2.02. The topological polar surface area (TPSA) is 87.1 Å². The number of sulfonamides is 1. The number of hydrogen-bond acceptors (Lipinski definition) is 4. The highest BCUT2D eigenvalue weighted by Crippen LogP contribution is 1.86. The third kappa shape index (κ3) is 4.71. The lowest BCUT2D eigenvalue weighted by atomic mass is 11.0. The van der Waals surface area contributed by atoms with Crippen LogP contribution in [0.25, 0.3) is 0 Å². The number of hydrogen-bond donors (Lipinski definition) is 2. The van der Waals surface area contributed by atoms with Gasteiger partial charge in [-0.2, -0.15) is 0 Å². The maximum absolute atomic E-state index is 10.7. The first-order valence-corrected chi connectivity index (χ1v) is 6.13. The van der Waals surface area contributed by atoms with Gasteiger partial charge in [-0.05, 0) is 0 Å². The molecule has 1 unspecified atom stereocenters. The van der Waals surface area contributed by atoms with Crippen molar-refractivity contribution in [2.75, 3.05) is 12.0 Å². The fraction of sp³-hybridized carbons (Fsp3) is 1.00. The molecule has 0 saturated carbocycles. The summed E-state index contributed by atoms with van der Waals surface area (Å²) in [6.45, 7) is 1.48. The van der Waals surface area contributed by atoms with Gasteiger partial charge in [-0.15, -0.1) is 4.13 Å². The van der Waals surface area contributed by atoms with Crippen molar-refractivity contribution in [3.8, 4) is 0 Å². The van der Waals surface area contributed by atoms with Crippen molar-refractivity contribution in [1.82, 2.24) is 4.13 Å². The van der Waals surface area contributed by atoms with E-state index >= 15 is 0 Å². The molecule has 0 aliphatic heterocycles. The molecule has 62 valence electrons. The number of rotatable bonds is 3. The van der Waals surface area contributed by atoms with E-state index in [-0.39, 0.29) is 5.75 Å². The Balaban J connectivity index is 4.49. The first kappa shape index (κ1) is 9.86. The Labute approximate surface area is 61.0 Å². The van der Waals surface area contributed by atoms with E-state index in [1.165, 1.54) is 6.92 Å². The summed E-state index contributed by atoms with van der Waals surface area (Å²) in [7, 11) is -6.62. The van der Waals surface area contributed by atoms with E-state index in [4.69, 9.17) is 4.78 Å². The average molecular weight is 186 g/mol. The van der Waals surface area contributed by atoms with Crippen molar-refractivity contribution in [3.05, 3.63) is 0 Å². The second kappa shape index (κ2) is 2.85. The minimum atomic E-state index is -3.51. The molecule has 7 heteroatoms. The van der Waals surface area contributed by atoms with Crippen molar-refractivity contribution < 1.29 is 12.6 Å². The Bertz CT molecular complexity index is 288. The van der Waals surface area contributed by atoms with Crippen molar-refractivity contribution in [2.24, 2.45) is 0 Å². The predicted octanol–water partition coefficient (Wildman–Crippen LogP) is -0.483. The normalized spacial score (nSPS) is 18.2. The van der Waals surface area contributed by atoms with Crippen LogP contribution in [0.5, 0.6) is 0 Å². The Kier molecular flexibility index (Phi) is 2.81. The molecule has 0 saturated heterocycles. The Morgan fingerprint density at radius 3 is 1.90 bits per heavy atom. The van der Waals surface area contributed by atoms with Gasteiger partial charge in [0.05, 0.1) is 6.26 Å². The van der Waals surface area contributed by atoms with E-state index in [0.717, 1.165) is 6.26 Å². The van der Waals surface area contributed by atoms with Crippen LogP contribution in [0.1, 0.15) is 6.92 Å². The molecule has 10 heavy (non-hydrogen) atoms. The molecule has 0 aromatic carbocycles. The van der Waals surface area contributed by atoms with E-state index in [1.54, 1.807) is 4.13 Å². The van der Waals surface area contributed by atoms with Gasteiger partial charge >= 0.3 is 0 Å². The molecule has 0 aromatic heterocycles. The fourth-order valence-electron chi connectivity index (χ4n) is 0.303. The minimum Gasteiger partial charge on any atom is -0.240 e. The lowest BCUT2D eigenvalue weighted by molar-refractivity contribution is 0.598. The second-order valence-electron chi connectivity index (χ2n) is 1.82. The summed E-state index contributed by atoms with van der Waals surface area (Å²) < 4.78 is 40.1. The summed E-state index contributed by atoms with van der Waals surface area (Å²) >= 11 is 0. The van der Waals surface area contributed by atoms with Gasteiger partial charge in [-0.25, -0.2) is 17.4 Å². The molecular weight excluding hydrogens is 176 g/mol. The van der Waals surface area contributed by atoms with Crippen molar-refractivity contribution in [2.45, 2.75) is 6.92 Å². The van der Waals surface area contributed by atoms with E-state index in [2.05, 4.69) is 0 Å². The quantitative estimate of drug-likeness (QED) is 0.624. The first-order valence-electron chi connectivity index (χ1n) is 2.52. The molecule has 0 spiro atoms. The average Bonchev–Trinajstić information content (AvgIpc) is 1.60. The summed E-state index contributed by atoms with van der Waals surface area (Å²) in [6.07, 6.45) is 0.872. The molecular formula is C3H10N2O3S2. The molecule has 2 N–H and O–H groups in total. The molecule has 5 nitrogen and oxygen atoms in total. The van der Waals surface area contributed by atoms with Crippen LogP contribution in [0.15, 0.2) is 0 Å². The van der Waals surface area contributed by atoms with Crippen LogP contribution in [-0.4, -0.2) is 24.6 Å². The molecule has 0 fully saturated rings. The monoisotopic (exact) mass is 186 g/mol. The molecule has 0 heterocycles. The highest BCUT2D eigenvalue weighted by Gasteiger charge is 2.08. The van der Waals surface area contributed by atoms with Crippen LogP contribution < -0.4 is 4.13 Å². The Morgan fingerprint density at radius 2 is 1.80 bits per heavy atom. The van der Waals surface area contributed by atoms with Gasteiger partial charge < -0.3 is 0 Å². The standard InChI is InChI=1S/C3H10N2O3S2/c1-3-10(4,8)5-9(2,6)7/h3H2,1-2H3,(H2,4,5,8). The smallest absolute Gasteiger partial charge is 0.220 e. The molecule has 0 radical (unpaired) electrons. The van der Waals surface area contributed by atoms with Crippen LogP contribution in [-0.2, 0) is 19.9 Å². The molecule has 0 amide bonds. The zero-order valence-corrected chi connectivity index (χ0v) is 7.38. The van der Waals surface area contributed by atoms with Crippen LogP contribution in [0, 0.1) is 4.78 Å². The van der Waals surface area contributed by atoms with Gasteiger partial charge in [-0.3, -0.25) is 0 Å². The second-order valence-corrected chi connectivity index (χ2v) is 5.96. The van der Waals surface area contributed by atoms with E-state index in [9.17, 15) is 12.6 Å². The van der Waals surface area contributed by atoms with Gasteiger partial charge in [0.2, 0.25) is 10.0 Å². The Hall–Kier alpha value is -0.140. The van der Waals surface area contributed by atoms with E-state index in [0.29, 0.717) is 0 Å². The summed E-state index contributed by atoms with van der Waals surface area (Å²) in [5.74, 6) is -0.0138. The Morgan fingerprint density at radius 1 is 1.40 bits per heavy atom. The zero-order chi connectivity index (χ0) is 8.41. The van der Waals surface area contributed by atoms with Gasteiger partial charge in [0, 0.05) is 5.75 Å². The number of nitrogens with one attached hydrogen (secondary N) is 2. The third-order valence-electron chi connectivity index (χ3n) is 0.693. The van der Waals surface area contributed by atoms with E-state index < -0.39 is 19.9 Å². The maximum Gasteiger partial charge on any atom is 0.220 e. The summed E-state index contributed by atoms with van der Waals surface area (Å²) in [5, 5.41) is 0. The molecule has 1 atom stereocenters. The van der Waals surface area contributed by atoms with Crippen LogP contribution in [0.2, 0.25) is 0 Å². The highest BCUT2D eigenvalue weighted by atomic mass is 32.3. The third-order valence-corrected chi connectivity index (χ3v) is 3.79. The lowest BCUT2D eigenvalue weighted by Crippen LogP contribution is -2.29. The summed E-state index contributed by atoms with van der Waals surface area (Å²) in [4.78, 5) is 0. The fourth-order valence-corrected chi connectivity index (χ4v) is 2.73. The van der Waals surface area contributed by atoms with Crippen LogP contribution in [0.4, 0.5) is 0 Å².